The summed E-state index contributed by atoms with van der Waals surface area (Å²) >= 11 is 18.9. The van der Waals surface area contributed by atoms with E-state index < -0.39 is 6.04 Å². The lowest BCUT2D eigenvalue weighted by Crippen LogP contribution is -2.51. The Morgan fingerprint density at radius 1 is 0.857 bits per heavy atom. The molecule has 0 heterocycles. The molecular formula is C28H29Cl3N2O2. The van der Waals surface area contributed by atoms with Gasteiger partial charge >= 0.3 is 0 Å². The van der Waals surface area contributed by atoms with Gasteiger partial charge in [-0.3, -0.25) is 9.59 Å². The van der Waals surface area contributed by atoms with E-state index in [0.717, 1.165) is 5.56 Å². The van der Waals surface area contributed by atoms with Crippen LogP contribution in [0.3, 0.4) is 0 Å². The highest BCUT2D eigenvalue weighted by molar-refractivity contribution is 6.35. The topological polar surface area (TPSA) is 49.4 Å². The summed E-state index contributed by atoms with van der Waals surface area (Å²) in [7, 11) is 0. The van der Waals surface area contributed by atoms with Crippen molar-refractivity contribution in [3.63, 3.8) is 0 Å². The fraction of sp³-hybridized carbons (Fsp3) is 0.286. The van der Waals surface area contributed by atoms with Gasteiger partial charge in [-0.1, -0.05) is 103 Å². The van der Waals surface area contributed by atoms with Gasteiger partial charge < -0.3 is 10.2 Å². The Balaban J connectivity index is 2.00. The summed E-state index contributed by atoms with van der Waals surface area (Å²) in [6, 6.07) is 21.3. The molecule has 35 heavy (non-hydrogen) atoms. The molecule has 0 fully saturated rings. The first-order valence-electron chi connectivity index (χ1n) is 11.5. The second-order valence-electron chi connectivity index (χ2n) is 8.87. The van der Waals surface area contributed by atoms with E-state index in [2.05, 4.69) is 5.32 Å². The molecule has 0 aliphatic rings. The van der Waals surface area contributed by atoms with Crippen LogP contribution in [0.5, 0.6) is 0 Å². The first-order valence-corrected chi connectivity index (χ1v) is 12.7. The molecular weight excluding hydrogens is 503 g/mol. The van der Waals surface area contributed by atoms with Crippen molar-refractivity contribution < 1.29 is 9.59 Å². The predicted octanol–water partition coefficient (Wildman–Crippen LogP) is 6.60. The number of hydrogen-bond acceptors (Lipinski definition) is 2. The number of halogens is 3. The van der Waals surface area contributed by atoms with Gasteiger partial charge in [0.2, 0.25) is 11.8 Å². The number of carbonyl (C=O) groups is 2. The van der Waals surface area contributed by atoms with Gasteiger partial charge in [-0.2, -0.15) is 0 Å². The molecule has 0 aliphatic heterocycles. The minimum absolute atomic E-state index is 0.0631. The molecule has 1 atom stereocenters. The largest absolute Gasteiger partial charge is 0.354 e. The zero-order chi connectivity index (χ0) is 25.4. The quantitative estimate of drug-likeness (QED) is 0.320. The molecule has 0 bridgehead atoms. The van der Waals surface area contributed by atoms with Gasteiger partial charge in [-0.05, 0) is 40.8 Å². The lowest BCUT2D eigenvalue weighted by molar-refractivity contribution is -0.140. The normalized spacial score (nSPS) is 11.8. The van der Waals surface area contributed by atoms with Crippen molar-refractivity contribution in [1.29, 1.82) is 0 Å². The minimum atomic E-state index is -0.738. The van der Waals surface area contributed by atoms with Crippen LogP contribution in [-0.4, -0.2) is 29.3 Å². The van der Waals surface area contributed by atoms with E-state index in [4.69, 9.17) is 34.8 Å². The van der Waals surface area contributed by atoms with Crippen LogP contribution in [0.15, 0.2) is 72.8 Å². The molecule has 2 amide bonds. The maximum atomic E-state index is 13.7. The number of nitrogens with one attached hydrogen (secondary N) is 1. The Morgan fingerprint density at radius 3 is 2.20 bits per heavy atom. The predicted molar refractivity (Wildman–Crippen MR) is 144 cm³/mol. The smallest absolute Gasteiger partial charge is 0.243 e. The fourth-order valence-electron chi connectivity index (χ4n) is 3.72. The third kappa shape index (κ3) is 7.99. The number of nitrogens with zero attached hydrogens (tertiary/aromatic N) is 1. The van der Waals surface area contributed by atoms with Gasteiger partial charge in [-0.25, -0.2) is 0 Å². The molecule has 3 aromatic rings. The van der Waals surface area contributed by atoms with Crippen LogP contribution >= 0.6 is 34.8 Å². The Bertz CT molecular complexity index is 1150. The number of hydrogen-bond donors (Lipinski definition) is 1. The number of rotatable bonds is 10. The Labute approximate surface area is 222 Å². The van der Waals surface area contributed by atoms with Crippen molar-refractivity contribution in [2.45, 2.75) is 39.3 Å². The zero-order valence-corrected chi connectivity index (χ0v) is 22.1. The third-order valence-electron chi connectivity index (χ3n) is 5.61. The molecule has 0 radical (unpaired) electrons. The van der Waals surface area contributed by atoms with Crippen LogP contribution in [0.4, 0.5) is 0 Å². The minimum Gasteiger partial charge on any atom is -0.354 e. The summed E-state index contributed by atoms with van der Waals surface area (Å²) in [4.78, 5) is 28.8. The lowest BCUT2D eigenvalue weighted by Gasteiger charge is -2.32. The van der Waals surface area contributed by atoms with Crippen molar-refractivity contribution in [2.24, 2.45) is 5.92 Å². The molecule has 3 rings (SSSR count). The molecule has 4 nitrogen and oxygen atoms in total. The summed E-state index contributed by atoms with van der Waals surface area (Å²) in [5.74, 6) is -0.154. The molecule has 0 aliphatic carbocycles. The van der Waals surface area contributed by atoms with E-state index in [1.807, 2.05) is 62.4 Å². The van der Waals surface area contributed by atoms with Crippen molar-refractivity contribution in [2.75, 3.05) is 6.54 Å². The molecule has 0 aromatic heterocycles. The van der Waals surface area contributed by atoms with Crippen molar-refractivity contribution >= 4 is 46.6 Å². The lowest BCUT2D eigenvalue weighted by atomic mass is 10.0. The highest BCUT2D eigenvalue weighted by Gasteiger charge is 2.31. The fourth-order valence-corrected chi connectivity index (χ4v) is 4.39. The van der Waals surface area contributed by atoms with Crippen LogP contribution in [0.1, 0.15) is 30.5 Å². The average molecular weight is 532 g/mol. The summed E-state index contributed by atoms with van der Waals surface area (Å²) in [5.41, 5.74) is 2.36. The van der Waals surface area contributed by atoms with Crippen LogP contribution in [-0.2, 0) is 29.0 Å². The van der Waals surface area contributed by atoms with Gasteiger partial charge in [0.1, 0.15) is 6.04 Å². The molecule has 3 aromatic carbocycles. The summed E-state index contributed by atoms with van der Waals surface area (Å²) in [6.07, 6.45) is 0.428. The molecule has 0 saturated carbocycles. The number of carbonyl (C=O) groups excluding carboxylic acids is 2. The van der Waals surface area contributed by atoms with Crippen molar-refractivity contribution in [3.8, 4) is 0 Å². The average Bonchev–Trinajstić information content (AvgIpc) is 2.83. The molecule has 0 spiro atoms. The zero-order valence-electron chi connectivity index (χ0n) is 19.8. The van der Waals surface area contributed by atoms with Crippen LogP contribution in [0.2, 0.25) is 15.1 Å². The van der Waals surface area contributed by atoms with E-state index in [-0.39, 0.29) is 30.7 Å². The Morgan fingerprint density at radius 2 is 1.54 bits per heavy atom. The van der Waals surface area contributed by atoms with E-state index in [0.29, 0.717) is 39.2 Å². The Kier molecular flexibility index (Phi) is 10.0. The van der Waals surface area contributed by atoms with Crippen LogP contribution in [0, 0.1) is 5.92 Å². The first-order chi connectivity index (χ1) is 16.7. The summed E-state index contributed by atoms with van der Waals surface area (Å²) in [5, 5.41) is 4.46. The number of benzene rings is 3. The van der Waals surface area contributed by atoms with Crippen LogP contribution < -0.4 is 5.32 Å². The van der Waals surface area contributed by atoms with Crippen LogP contribution in [0.25, 0.3) is 0 Å². The van der Waals surface area contributed by atoms with E-state index >= 15 is 0 Å². The standard InChI is InChI=1S/C28H29Cl3N2O2/c1-19(2)17-32-28(35)26(14-20-8-4-3-5-9-20)33(18-22-12-13-23(29)16-25(22)31)27(34)15-21-10-6-7-11-24(21)30/h3-13,16,19,26H,14-15,17-18H2,1-2H3,(H,32,35). The SMILES string of the molecule is CC(C)CNC(=O)C(Cc1ccccc1)N(Cc1ccc(Cl)cc1Cl)C(=O)Cc1ccccc1Cl. The van der Waals surface area contributed by atoms with E-state index in [1.165, 1.54) is 0 Å². The van der Waals surface area contributed by atoms with Gasteiger partial charge in [0.05, 0.1) is 6.42 Å². The third-order valence-corrected chi connectivity index (χ3v) is 6.57. The van der Waals surface area contributed by atoms with Crippen molar-refractivity contribution in [1.82, 2.24) is 10.2 Å². The molecule has 0 saturated heterocycles. The molecule has 1 unspecified atom stereocenters. The molecule has 7 heteroatoms. The van der Waals surface area contributed by atoms with Gasteiger partial charge in [-0.15, -0.1) is 0 Å². The van der Waals surface area contributed by atoms with Gasteiger partial charge in [0.15, 0.2) is 0 Å². The second-order valence-corrected chi connectivity index (χ2v) is 10.1. The van der Waals surface area contributed by atoms with Gasteiger partial charge in [0, 0.05) is 34.6 Å². The van der Waals surface area contributed by atoms with E-state index in [9.17, 15) is 9.59 Å². The highest BCUT2D eigenvalue weighted by atomic mass is 35.5. The van der Waals surface area contributed by atoms with E-state index in [1.54, 1.807) is 29.2 Å². The maximum absolute atomic E-state index is 13.7. The first kappa shape index (κ1) is 27.1. The highest BCUT2D eigenvalue weighted by Crippen LogP contribution is 2.25. The van der Waals surface area contributed by atoms with Gasteiger partial charge in [0.25, 0.3) is 0 Å². The second kappa shape index (κ2) is 13.0. The maximum Gasteiger partial charge on any atom is 0.243 e. The molecule has 184 valence electrons. The monoisotopic (exact) mass is 530 g/mol. The Hall–Kier alpha value is -2.53. The van der Waals surface area contributed by atoms with Crippen molar-refractivity contribution in [3.05, 3.63) is 105 Å². The number of amides is 2. The summed E-state index contributed by atoms with van der Waals surface area (Å²) in [6.45, 7) is 4.73. The summed E-state index contributed by atoms with van der Waals surface area (Å²) < 4.78 is 0. The molecule has 1 N–H and O–H groups in total.